The Bertz CT molecular complexity index is 555. The van der Waals surface area contributed by atoms with Crippen molar-refractivity contribution in [3.8, 4) is 0 Å². The van der Waals surface area contributed by atoms with Crippen molar-refractivity contribution >= 4 is 29.2 Å². The van der Waals surface area contributed by atoms with Gasteiger partial charge in [-0.1, -0.05) is 6.92 Å². The van der Waals surface area contributed by atoms with E-state index in [1.807, 2.05) is 30.9 Å². The third-order valence-electron chi connectivity index (χ3n) is 2.89. The van der Waals surface area contributed by atoms with E-state index >= 15 is 0 Å². The van der Waals surface area contributed by atoms with Gasteiger partial charge in [0.1, 0.15) is 0 Å². The lowest BCUT2D eigenvalue weighted by Gasteiger charge is -2.19. The van der Waals surface area contributed by atoms with Crippen LogP contribution in [0.4, 0.5) is 17.8 Å². The standard InChI is InChI=1S/C14H22N6S/c1-5-7-15-12-16-13(19(2)3)18-14(17-12)20(4)9-11-6-8-21-10-11/h6,8,10H,5,7,9H2,1-4H3,(H,15,16,17,18). The number of hydrogen-bond acceptors (Lipinski definition) is 7. The molecule has 2 heterocycles. The maximum atomic E-state index is 4.51. The van der Waals surface area contributed by atoms with Gasteiger partial charge < -0.3 is 15.1 Å². The van der Waals surface area contributed by atoms with E-state index in [2.05, 4.69) is 44.0 Å². The van der Waals surface area contributed by atoms with Gasteiger partial charge in [0.05, 0.1) is 0 Å². The summed E-state index contributed by atoms with van der Waals surface area (Å²) in [5.74, 6) is 1.97. The summed E-state index contributed by atoms with van der Waals surface area (Å²) in [6.07, 6.45) is 1.03. The summed E-state index contributed by atoms with van der Waals surface area (Å²) >= 11 is 1.70. The van der Waals surface area contributed by atoms with Crippen molar-refractivity contribution in [1.82, 2.24) is 15.0 Å². The molecule has 0 aliphatic rings. The van der Waals surface area contributed by atoms with Gasteiger partial charge in [-0.15, -0.1) is 0 Å². The van der Waals surface area contributed by atoms with Gasteiger partial charge in [-0.05, 0) is 28.8 Å². The zero-order valence-electron chi connectivity index (χ0n) is 13.0. The monoisotopic (exact) mass is 306 g/mol. The Hall–Kier alpha value is -1.89. The minimum atomic E-state index is 0.628. The summed E-state index contributed by atoms with van der Waals surface area (Å²) in [5.41, 5.74) is 1.26. The van der Waals surface area contributed by atoms with Crippen LogP contribution in [0.25, 0.3) is 0 Å². The highest BCUT2D eigenvalue weighted by atomic mass is 32.1. The van der Waals surface area contributed by atoms with E-state index in [9.17, 15) is 0 Å². The number of thiophene rings is 1. The number of hydrogen-bond donors (Lipinski definition) is 1. The highest BCUT2D eigenvalue weighted by molar-refractivity contribution is 7.07. The molecule has 0 radical (unpaired) electrons. The summed E-state index contributed by atoms with van der Waals surface area (Å²) in [5, 5.41) is 7.45. The summed E-state index contributed by atoms with van der Waals surface area (Å²) in [6, 6.07) is 2.12. The zero-order chi connectivity index (χ0) is 15.2. The first kappa shape index (κ1) is 15.5. The van der Waals surface area contributed by atoms with Gasteiger partial charge in [-0.2, -0.15) is 26.3 Å². The normalized spacial score (nSPS) is 10.5. The lowest BCUT2D eigenvalue weighted by molar-refractivity contribution is 0.839. The first-order valence-corrected chi connectivity index (χ1v) is 7.94. The Kier molecular flexibility index (Phi) is 5.32. The van der Waals surface area contributed by atoms with Crippen LogP contribution in [-0.2, 0) is 6.54 Å². The van der Waals surface area contributed by atoms with Gasteiger partial charge in [0, 0.05) is 34.2 Å². The lowest BCUT2D eigenvalue weighted by atomic mass is 10.3. The number of nitrogens with one attached hydrogen (secondary N) is 1. The van der Waals surface area contributed by atoms with Crippen molar-refractivity contribution < 1.29 is 0 Å². The van der Waals surface area contributed by atoms with Crippen LogP contribution < -0.4 is 15.1 Å². The van der Waals surface area contributed by atoms with Gasteiger partial charge >= 0.3 is 0 Å². The van der Waals surface area contributed by atoms with Crippen LogP contribution in [0.3, 0.4) is 0 Å². The molecule has 0 fully saturated rings. The summed E-state index contributed by atoms with van der Waals surface area (Å²) in [4.78, 5) is 17.4. The first-order chi connectivity index (χ1) is 10.1. The van der Waals surface area contributed by atoms with E-state index in [1.54, 1.807) is 11.3 Å². The quantitative estimate of drug-likeness (QED) is 0.848. The maximum absolute atomic E-state index is 4.51. The van der Waals surface area contributed by atoms with Crippen LogP contribution >= 0.6 is 11.3 Å². The molecule has 6 nitrogen and oxygen atoms in total. The molecule has 0 spiro atoms. The molecule has 114 valence electrons. The van der Waals surface area contributed by atoms with Crippen molar-refractivity contribution in [2.75, 3.05) is 42.8 Å². The Morgan fingerprint density at radius 1 is 1.14 bits per heavy atom. The van der Waals surface area contributed by atoms with Crippen LogP contribution in [-0.4, -0.2) is 42.6 Å². The van der Waals surface area contributed by atoms with Gasteiger partial charge in [0.15, 0.2) is 0 Å². The SMILES string of the molecule is CCCNc1nc(N(C)C)nc(N(C)Cc2ccsc2)n1. The molecular formula is C14H22N6S. The minimum Gasteiger partial charge on any atom is -0.354 e. The molecule has 0 atom stereocenters. The molecule has 0 aliphatic heterocycles. The minimum absolute atomic E-state index is 0.628. The number of aromatic nitrogens is 3. The molecule has 0 unspecified atom stereocenters. The van der Waals surface area contributed by atoms with Crippen LogP contribution in [0.2, 0.25) is 0 Å². The highest BCUT2D eigenvalue weighted by Gasteiger charge is 2.12. The Labute approximate surface area is 129 Å². The smallest absolute Gasteiger partial charge is 0.232 e. The van der Waals surface area contributed by atoms with Crippen LogP contribution in [0.15, 0.2) is 16.8 Å². The number of rotatable bonds is 7. The van der Waals surface area contributed by atoms with Gasteiger partial charge in [-0.3, -0.25) is 0 Å². The van der Waals surface area contributed by atoms with Gasteiger partial charge in [0.25, 0.3) is 0 Å². The van der Waals surface area contributed by atoms with E-state index in [1.165, 1.54) is 5.56 Å². The highest BCUT2D eigenvalue weighted by Crippen LogP contribution is 2.17. The predicted octanol–water partition coefficient (Wildman–Crippen LogP) is 2.46. The molecule has 0 aromatic carbocycles. The molecule has 21 heavy (non-hydrogen) atoms. The van der Waals surface area contributed by atoms with Crippen molar-refractivity contribution in [2.24, 2.45) is 0 Å². The number of anilines is 3. The van der Waals surface area contributed by atoms with Crippen molar-refractivity contribution in [1.29, 1.82) is 0 Å². The predicted molar refractivity (Wildman–Crippen MR) is 89.4 cm³/mol. The largest absolute Gasteiger partial charge is 0.354 e. The molecular weight excluding hydrogens is 284 g/mol. The fourth-order valence-corrected chi connectivity index (χ4v) is 2.43. The average molecular weight is 306 g/mol. The molecule has 0 saturated heterocycles. The van der Waals surface area contributed by atoms with Crippen LogP contribution in [0.5, 0.6) is 0 Å². The van der Waals surface area contributed by atoms with E-state index in [0.29, 0.717) is 17.8 Å². The van der Waals surface area contributed by atoms with Gasteiger partial charge in [0.2, 0.25) is 17.8 Å². The lowest BCUT2D eigenvalue weighted by Crippen LogP contribution is -2.23. The molecule has 0 bridgehead atoms. The summed E-state index contributed by atoms with van der Waals surface area (Å²) in [6.45, 7) is 3.75. The van der Waals surface area contributed by atoms with Crippen LogP contribution in [0.1, 0.15) is 18.9 Å². The van der Waals surface area contributed by atoms with Crippen molar-refractivity contribution in [3.05, 3.63) is 22.4 Å². The fraction of sp³-hybridized carbons (Fsp3) is 0.500. The molecule has 1 N–H and O–H groups in total. The van der Waals surface area contributed by atoms with Gasteiger partial charge in [-0.25, -0.2) is 0 Å². The molecule has 2 aromatic heterocycles. The average Bonchev–Trinajstić information content (AvgIpc) is 2.97. The van der Waals surface area contributed by atoms with Crippen molar-refractivity contribution in [2.45, 2.75) is 19.9 Å². The molecule has 2 aromatic rings. The summed E-state index contributed by atoms with van der Waals surface area (Å²) < 4.78 is 0. The van der Waals surface area contributed by atoms with E-state index in [4.69, 9.17) is 0 Å². The van der Waals surface area contributed by atoms with Crippen LogP contribution in [0, 0.1) is 0 Å². The molecule has 7 heteroatoms. The van der Waals surface area contributed by atoms with E-state index in [0.717, 1.165) is 19.5 Å². The topological polar surface area (TPSA) is 57.2 Å². The second-order valence-electron chi connectivity index (χ2n) is 5.07. The second-order valence-corrected chi connectivity index (χ2v) is 5.85. The zero-order valence-corrected chi connectivity index (χ0v) is 13.8. The molecule has 0 aliphatic carbocycles. The van der Waals surface area contributed by atoms with E-state index < -0.39 is 0 Å². The third-order valence-corrected chi connectivity index (χ3v) is 3.62. The Balaban J connectivity index is 2.21. The van der Waals surface area contributed by atoms with Crippen molar-refractivity contribution in [3.63, 3.8) is 0 Å². The maximum Gasteiger partial charge on any atom is 0.232 e. The second kappa shape index (κ2) is 7.21. The third kappa shape index (κ3) is 4.29. The first-order valence-electron chi connectivity index (χ1n) is 6.99. The molecule has 0 saturated carbocycles. The Morgan fingerprint density at radius 2 is 1.90 bits per heavy atom. The Morgan fingerprint density at radius 3 is 2.52 bits per heavy atom. The van der Waals surface area contributed by atoms with E-state index in [-0.39, 0.29) is 0 Å². The summed E-state index contributed by atoms with van der Waals surface area (Å²) in [7, 11) is 5.86. The molecule has 2 rings (SSSR count). The number of nitrogens with zero attached hydrogens (tertiary/aromatic N) is 5. The fourth-order valence-electron chi connectivity index (χ4n) is 1.77. The molecule has 0 amide bonds.